The van der Waals surface area contributed by atoms with E-state index in [9.17, 15) is 18.8 Å². The van der Waals surface area contributed by atoms with Crippen molar-refractivity contribution in [3.05, 3.63) is 83.9 Å². The normalized spacial score (nSPS) is 20.6. The number of pyridine rings is 1. The van der Waals surface area contributed by atoms with Crippen LogP contribution < -0.4 is 14.2 Å². The zero-order valence-corrected chi connectivity index (χ0v) is 24.9. The molecule has 234 valence electrons. The second kappa shape index (κ2) is 15.8. The number of hydrogen-bond donors (Lipinski definition) is 0. The number of Topliss-reactive ketones (excluding diaryl/α,β-unsaturated/α-hetero) is 1. The lowest BCUT2D eigenvalue weighted by Gasteiger charge is -2.34. The molecule has 0 bridgehead atoms. The number of esters is 2. The van der Waals surface area contributed by atoms with E-state index in [2.05, 4.69) is 4.98 Å². The number of ether oxygens (including phenoxy) is 6. The highest BCUT2D eigenvalue weighted by Gasteiger charge is 2.36. The predicted molar refractivity (Wildman–Crippen MR) is 156 cm³/mol. The molecule has 1 fully saturated rings. The topological polar surface area (TPSA) is 119 Å². The molecule has 44 heavy (non-hydrogen) atoms. The first-order valence-corrected chi connectivity index (χ1v) is 14.3. The molecule has 10 nitrogen and oxygen atoms in total. The van der Waals surface area contributed by atoms with E-state index in [1.807, 2.05) is 30.3 Å². The Hall–Kier alpha value is -4.51. The maximum atomic E-state index is 13.6. The van der Waals surface area contributed by atoms with Gasteiger partial charge in [0, 0.05) is 38.1 Å². The number of ketones is 1. The molecular weight excluding hydrogens is 573 g/mol. The van der Waals surface area contributed by atoms with Gasteiger partial charge in [-0.15, -0.1) is 0 Å². The summed E-state index contributed by atoms with van der Waals surface area (Å²) in [5, 5.41) is 0. The van der Waals surface area contributed by atoms with Gasteiger partial charge in [-0.1, -0.05) is 30.3 Å². The summed E-state index contributed by atoms with van der Waals surface area (Å²) in [4.78, 5) is 42.3. The van der Waals surface area contributed by atoms with Gasteiger partial charge in [0.1, 0.15) is 23.8 Å². The van der Waals surface area contributed by atoms with E-state index < -0.39 is 42.6 Å². The molecule has 0 aliphatic carbocycles. The van der Waals surface area contributed by atoms with Gasteiger partial charge >= 0.3 is 11.9 Å². The Kier molecular flexibility index (Phi) is 11.6. The van der Waals surface area contributed by atoms with Gasteiger partial charge in [-0.25, -0.2) is 9.37 Å². The van der Waals surface area contributed by atoms with Crippen molar-refractivity contribution in [2.24, 2.45) is 11.8 Å². The molecule has 4 atom stereocenters. The third kappa shape index (κ3) is 9.00. The average Bonchev–Trinajstić information content (AvgIpc) is 3.01. The van der Waals surface area contributed by atoms with Crippen LogP contribution in [-0.2, 0) is 30.2 Å². The van der Waals surface area contributed by atoms with Crippen LogP contribution in [0.3, 0.4) is 0 Å². The van der Waals surface area contributed by atoms with E-state index in [1.54, 1.807) is 19.1 Å². The fourth-order valence-electron chi connectivity index (χ4n) is 4.98. The molecule has 1 aliphatic rings. The predicted octanol–water partition coefficient (Wildman–Crippen LogP) is 4.98. The third-order valence-corrected chi connectivity index (χ3v) is 7.19. The van der Waals surface area contributed by atoms with Gasteiger partial charge in [0.05, 0.1) is 19.6 Å². The molecule has 1 aliphatic heterocycles. The van der Waals surface area contributed by atoms with Crippen LogP contribution in [0.2, 0.25) is 0 Å². The van der Waals surface area contributed by atoms with E-state index in [1.165, 1.54) is 38.4 Å². The lowest BCUT2D eigenvalue weighted by atomic mass is 9.88. The number of halogens is 1. The van der Waals surface area contributed by atoms with Gasteiger partial charge in [-0.05, 0) is 49.6 Å². The molecule has 2 aromatic carbocycles. The van der Waals surface area contributed by atoms with Crippen LogP contribution in [0.4, 0.5) is 4.39 Å². The number of aromatic nitrogens is 1. The maximum Gasteiger partial charge on any atom is 0.312 e. The highest BCUT2D eigenvalue weighted by atomic mass is 19.1. The van der Waals surface area contributed by atoms with Crippen molar-refractivity contribution >= 4 is 17.7 Å². The molecule has 1 saturated heterocycles. The lowest BCUT2D eigenvalue weighted by Crippen LogP contribution is -2.43. The highest BCUT2D eigenvalue weighted by molar-refractivity contribution is 5.99. The van der Waals surface area contributed by atoms with Crippen LogP contribution in [0.15, 0.2) is 66.9 Å². The van der Waals surface area contributed by atoms with Gasteiger partial charge in [0.2, 0.25) is 6.79 Å². The minimum absolute atomic E-state index is 0.0104. The number of para-hydroxylation sites is 1. The van der Waals surface area contributed by atoms with Gasteiger partial charge in [-0.3, -0.25) is 14.4 Å². The number of methoxy groups -OCH3 is 1. The van der Waals surface area contributed by atoms with E-state index >= 15 is 0 Å². The lowest BCUT2D eigenvalue weighted by molar-refractivity contribution is -0.163. The van der Waals surface area contributed by atoms with E-state index in [4.69, 9.17) is 28.4 Å². The van der Waals surface area contributed by atoms with Gasteiger partial charge < -0.3 is 28.4 Å². The summed E-state index contributed by atoms with van der Waals surface area (Å²) in [5.74, 6) is -2.29. The summed E-state index contributed by atoms with van der Waals surface area (Å²) >= 11 is 0. The molecule has 1 aromatic heterocycles. The van der Waals surface area contributed by atoms with Crippen molar-refractivity contribution in [2.75, 3.05) is 27.1 Å². The molecule has 0 saturated carbocycles. The number of carbonyl (C=O) groups is 3. The van der Waals surface area contributed by atoms with Crippen molar-refractivity contribution in [3.63, 3.8) is 0 Å². The molecule has 0 unspecified atom stereocenters. The number of hydrogen-bond acceptors (Lipinski definition) is 10. The van der Waals surface area contributed by atoms with Crippen LogP contribution in [-0.4, -0.2) is 62.0 Å². The Morgan fingerprint density at radius 1 is 1.07 bits per heavy atom. The van der Waals surface area contributed by atoms with Crippen molar-refractivity contribution in [3.8, 4) is 17.2 Å². The highest BCUT2D eigenvalue weighted by Crippen LogP contribution is 2.32. The molecule has 0 amide bonds. The molecule has 0 spiro atoms. The van der Waals surface area contributed by atoms with E-state index in [0.717, 1.165) is 5.56 Å². The molecule has 0 N–H and O–H groups in total. The molecule has 3 aromatic rings. The number of nitrogens with zero attached hydrogens (tertiary/aromatic N) is 1. The largest absolute Gasteiger partial charge is 0.493 e. The Bertz CT molecular complexity index is 1400. The average molecular weight is 610 g/mol. The van der Waals surface area contributed by atoms with Crippen LogP contribution in [0.1, 0.15) is 42.7 Å². The second-order valence-corrected chi connectivity index (χ2v) is 10.4. The van der Waals surface area contributed by atoms with Crippen molar-refractivity contribution < 1.29 is 47.2 Å². The molecule has 4 rings (SSSR count). The second-order valence-electron chi connectivity index (χ2n) is 10.4. The summed E-state index contributed by atoms with van der Waals surface area (Å²) in [6, 6.07) is 17.0. The van der Waals surface area contributed by atoms with Crippen molar-refractivity contribution in [2.45, 2.75) is 45.3 Å². The Labute approximate surface area is 255 Å². The zero-order valence-electron chi connectivity index (χ0n) is 24.9. The zero-order chi connectivity index (χ0) is 31.5. The molecule has 0 radical (unpaired) electrons. The summed E-state index contributed by atoms with van der Waals surface area (Å²) in [6.45, 7) is 2.76. The van der Waals surface area contributed by atoms with Crippen molar-refractivity contribution in [1.29, 1.82) is 0 Å². The van der Waals surface area contributed by atoms with Crippen LogP contribution in [0, 0.1) is 17.7 Å². The number of cyclic esters (lactones) is 1. The first-order chi connectivity index (χ1) is 21.2. The molecule has 11 heteroatoms. The monoisotopic (exact) mass is 609 g/mol. The van der Waals surface area contributed by atoms with Gasteiger partial charge in [-0.2, -0.15) is 0 Å². The fraction of sp³-hybridized carbons (Fsp3) is 0.394. The van der Waals surface area contributed by atoms with Crippen molar-refractivity contribution in [1.82, 2.24) is 4.98 Å². The quantitative estimate of drug-likeness (QED) is 0.167. The Morgan fingerprint density at radius 3 is 2.52 bits per heavy atom. The molecule has 2 heterocycles. The summed E-state index contributed by atoms with van der Waals surface area (Å²) in [7, 11) is 1.40. The summed E-state index contributed by atoms with van der Waals surface area (Å²) < 4.78 is 47.4. The minimum atomic E-state index is -0.940. The summed E-state index contributed by atoms with van der Waals surface area (Å²) in [5.41, 5.74) is 0.828. The maximum absolute atomic E-state index is 13.6. The minimum Gasteiger partial charge on any atom is -0.493 e. The standard InChI is InChI=1S/C33H36FNO9/c1-21-31(44-27-7-5-4-6-8-27)24(17-23-9-11-26(34)12-10-23)14-16-40-19-25(33(38)43-21)18-28(37)30-32(42-20-41-22(2)36)29(39-3)13-15-35-30/h4-13,15,21,24-25,31H,14,16-20H2,1-3H3/t21-,24+,25-,31-/m0/s1. The van der Waals surface area contributed by atoms with Crippen LogP contribution in [0.5, 0.6) is 17.2 Å². The Balaban J connectivity index is 1.53. The van der Waals surface area contributed by atoms with E-state index in [0.29, 0.717) is 25.2 Å². The number of carbonyl (C=O) groups excluding carboxylic acids is 3. The first-order valence-electron chi connectivity index (χ1n) is 14.3. The number of rotatable bonds is 11. The van der Waals surface area contributed by atoms with Gasteiger partial charge in [0.15, 0.2) is 23.0 Å². The van der Waals surface area contributed by atoms with E-state index in [-0.39, 0.29) is 42.0 Å². The number of benzene rings is 2. The van der Waals surface area contributed by atoms with Crippen LogP contribution in [0.25, 0.3) is 0 Å². The van der Waals surface area contributed by atoms with Gasteiger partial charge in [0.25, 0.3) is 0 Å². The summed E-state index contributed by atoms with van der Waals surface area (Å²) in [6.07, 6.45) is 0.943. The first kappa shape index (κ1) is 32.4. The fourth-order valence-corrected chi connectivity index (χ4v) is 4.98. The smallest absolute Gasteiger partial charge is 0.312 e. The SMILES string of the molecule is COc1ccnc(C(=O)C[C@H]2COCC[C@H](Cc3ccc(F)cc3)[C@@H](Oc3ccccc3)[C@H](C)OC2=O)c1OCOC(C)=O. The Morgan fingerprint density at radius 2 is 1.82 bits per heavy atom. The van der Waals surface area contributed by atoms with Crippen LogP contribution >= 0.6 is 0 Å². The molecular formula is C33H36FNO9. The third-order valence-electron chi connectivity index (χ3n) is 7.19.